The van der Waals surface area contributed by atoms with Gasteiger partial charge in [-0.2, -0.15) is 5.26 Å². The van der Waals surface area contributed by atoms with Gasteiger partial charge in [0.05, 0.1) is 13.7 Å². The molecule has 1 aromatic rings. The van der Waals surface area contributed by atoms with Crippen molar-refractivity contribution >= 4 is 5.97 Å². The van der Waals surface area contributed by atoms with Crippen molar-refractivity contribution in [3.63, 3.8) is 0 Å². The predicted octanol–water partition coefficient (Wildman–Crippen LogP) is 1.33. The number of hydrogen-bond acceptors (Lipinski definition) is 6. The van der Waals surface area contributed by atoms with E-state index in [-0.39, 0.29) is 18.1 Å². The molecule has 1 aromatic carbocycles. The molecule has 0 spiro atoms. The summed E-state index contributed by atoms with van der Waals surface area (Å²) >= 11 is 0. The van der Waals surface area contributed by atoms with Crippen molar-refractivity contribution < 1.29 is 19.0 Å². The van der Waals surface area contributed by atoms with Gasteiger partial charge in [0.25, 0.3) is 0 Å². The van der Waals surface area contributed by atoms with Gasteiger partial charge in [-0.1, -0.05) is 0 Å². The third-order valence-electron chi connectivity index (χ3n) is 2.13. The van der Waals surface area contributed by atoms with Gasteiger partial charge in [-0.25, -0.2) is 4.79 Å². The second kappa shape index (κ2) is 6.91. The number of nitrogens with two attached hydrogens (primary N) is 1. The van der Waals surface area contributed by atoms with Gasteiger partial charge >= 0.3 is 5.97 Å². The second-order valence-corrected chi connectivity index (χ2v) is 3.35. The minimum Gasteiger partial charge on any atom is -0.497 e. The van der Waals surface area contributed by atoms with Crippen molar-refractivity contribution in [3.8, 4) is 17.6 Å². The SMILES string of the molecule is CCOC(=O)/C(C#N)=C(\N)Oc1ccc(OC)cc1. The van der Waals surface area contributed by atoms with Gasteiger partial charge in [-0.05, 0) is 31.2 Å². The monoisotopic (exact) mass is 262 g/mol. The van der Waals surface area contributed by atoms with Gasteiger partial charge in [0, 0.05) is 0 Å². The Balaban J connectivity index is 2.88. The first kappa shape index (κ1) is 14.4. The molecule has 1 rings (SSSR count). The van der Waals surface area contributed by atoms with Crippen LogP contribution in [0.1, 0.15) is 6.92 Å². The standard InChI is InChI=1S/C13H14N2O4/c1-3-18-13(16)11(8-14)12(15)19-10-6-4-9(17-2)5-7-10/h4-7H,3,15H2,1-2H3/b12-11+. The lowest BCUT2D eigenvalue weighted by atomic mass is 10.3. The molecule has 0 aliphatic rings. The van der Waals surface area contributed by atoms with Gasteiger partial charge in [-0.15, -0.1) is 0 Å². The third kappa shape index (κ3) is 3.92. The number of carbonyl (C=O) groups excluding carboxylic acids is 1. The van der Waals surface area contributed by atoms with E-state index in [1.165, 1.54) is 0 Å². The summed E-state index contributed by atoms with van der Waals surface area (Å²) in [6.07, 6.45) is 0. The average molecular weight is 262 g/mol. The quantitative estimate of drug-likeness (QED) is 0.372. The van der Waals surface area contributed by atoms with E-state index >= 15 is 0 Å². The summed E-state index contributed by atoms with van der Waals surface area (Å²) in [5, 5.41) is 8.86. The highest BCUT2D eigenvalue weighted by atomic mass is 16.5. The van der Waals surface area contributed by atoms with Crippen LogP contribution < -0.4 is 15.2 Å². The molecule has 0 amide bonds. The summed E-state index contributed by atoms with van der Waals surface area (Å²) in [4.78, 5) is 11.4. The molecule has 0 aromatic heterocycles. The number of nitrogens with zero attached hydrogens (tertiary/aromatic N) is 1. The fourth-order valence-corrected chi connectivity index (χ4v) is 1.23. The summed E-state index contributed by atoms with van der Waals surface area (Å²) in [5.74, 6) is -0.0710. The topological polar surface area (TPSA) is 94.6 Å². The van der Waals surface area contributed by atoms with Gasteiger partial charge in [0.1, 0.15) is 17.6 Å². The van der Waals surface area contributed by atoms with E-state index in [0.29, 0.717) is 11.5 Å². The van der Waals surface area contributed by atoms with Gasteiger partial charge in [-0.3, -0.25) is 0 Å². The molecule has 0 radical (unpaired) electrons. The van der Waals surface area contributed by atoms with E-state index in [2.05, 4.69) is 0 Å². The van der Waals surface area contributed by atoms with E-state index in [9.17, 15) is 4.79 Å². The Hall–Kier alpha value is -2.68. The molecule has 19 heavy (non-hydrogen) atoms. The number of hydrogen-bond donors (Lipinski definition) is 1. The Morgan fingerprint density at radius 1 is 1.32 bits per heavy atom. The number of ether oxygens (including phenoxy) is 3. The fraction of sp³-hybridized carbons (Fsp3) is 0.231. The summed E-state index contributed by atoms with van der Waals surface area (Å²) in [5.41, 5.74) is 5.20. The van der Waals surface area contributed by atoms with E-state index in [1.807, 2.05) is 0 Å². The van der Waals surface area contributed by atoms with Gasteiger partial charge in [0.2, 0.25) is 5.88 Å². The molecule has 0 aliphatic heterocycles. The highest BCUT2D eigenvalue weighted by Crippen LogP contribution is 2.19. The molecule has 6 nitrogen and oxygen atoms in total. The Bertz CT molecular complexity index is 514. The Labute approximate surface area is 111 Å². The maximum absolute atomic E-state index is 11.4. The van der Waals surface area contributed by atoms with Crippen molar-refractivity contribution in [1.82, 2.24) is 0 Å². The number of methoxy groups -OCH3 is 1. The van der Waals surface area contributed by atoms with Crippen LogP contribution in [0.3, 0.4) is 0 Å². The molecular formula is C13H14N2O4. The maximum atomic E-state index is 11.4. The van der Waals surface area contributed by atoms with Crippen LogP contribution in [0.5, 0.6) is 11.5 Å². The largest absolute Gasteiger partial charge is 0.497 e. The summed E-state index contributed by atoms with van der Waals surface area (Å²) in [6, 6.07) is 8.20. The highest BCUT2D eigenvalue weighted by molar-refractivity contribution is 5.93. The number of esters is 1. The van der Waals surface area contributed by atoms with E-state index < -0.39 is 5.97 Å². The summed E-state index contributed by atoms with van der Waals surface area (Å²) in [7, 11) is 1.54. The van der Waals surface area contributed by atoms with Crippen LogP contribution in [0.2, 0.25) is 0 Å². The predicted molar refractivity (Wildman–Crippen MR) is 67.1 cm³/mol. The Morgan fingerprint density at radius 2 is 1.89 bits per heavy atom. The molecule has 0 aliphatic carbocycles. The molecule has 0 heterocycles. The zero-order chi connectivity index (χ0) is 14.3. The molecule has 0 atom stereocenters. The molecular weight excluding hydrogens is 248 g/mol. The summed E-state index contributed by atoms with van der Waals surface area (Å²) < 4.78 is 14.9. The lowest BCUT2D eigenvalue weighted by molar-refractivity contribution is -0.138. The zero-order valence-electron chi connectivity index (χ0n) is 10.7. The van der Waals surface area contributed by atoms with Gasteiger partial charge in [0.15, 0.2) is 5.57 Å². The fourth-order valence-electron chi connectivity index (χ4n) is 1.23. The first-order valence-corrected chi connectivity index (χ1v) is 5.51. The smallest absolute Gasteiger partial charge is 0.354 e. The molecule has 0 fully saturated rings. The van der Waals surface area contributed by atoms with E-state index in [0.717, 1.165) is 0 Å². The number of rotatable bonds is 5. The number of nitriles is 1. The third-order valence-corrected chi connectivity index (χ3v) is 2.13. The minimum atomic E-state index is -0.809. The van der Waals surface area contributed by atoms with Crippen molar-refractivity contribution in [3.05, 3.63) is 35.7 Å². The van der Waals surface area contributed by atoms with Crippen molar-refractivity contribution in [2.24, 2.45) is 5.73 Å². The lowest BCUT2D eigenvalue weighted by Gasteiger charge is -2.08. The zero-order valence-corrected chi connectivity index (χ0v) is 10.7. The lowest BCUT2D eigenvalue weighted by Crippen LogP contribution is -2.17. The van der Waals surface area contributed by atoms with E-state index in [1.54, 1.807) is 44.4 Å². The average Bonchev–Trinajstić information content (AvgIpc) is 2.40. The van der Waals surface area contributed by atoms with Crippen LogP contribution in [0.25, 0.3) is 0 Å². The van der Waals surface area contributed by atoms with Crippen molar-refractivity contribution in [2.75, 3.05) is 13.7 Å². The normalized spacial score (nSPS) is 11.0. The first-order valence-electron chi connectivity index (χ1n) is 5.51. The van der Waals surface area contributed by atoms with Crippen molar-refractivity contribution in [2.45, 2.75) is 6.92 Å². The van der Waals surface area contributed by atoms with E-state index in [4.69, 9.17) is 25.2 Å². The Morgan fingerprint density at radius 3 is 2.37 bits per heavy atom. The van der Waals surface area contributed by atoms with Crippen LogP contribution in [-0.4, -0.2) is 19.7 Å². The van der Waals surface area contributed by atoms with Crippen LogP contribution in [0, 0.1) is 11.3 Å². The molecule has 100 valence electrons. The van der Waals surface area contributed by atoms with Gasteiger partial charge < -0.3 is 19.9 Å². The molecule has 0 saturated heterocycles. The molecule has 0 bridgehead atoms. The van der Waals surface area contributed by atoms with Crippen LogP contribution in [0.4, 0.5) is 0 Å². The van der Waals surface area contributed by atoms with Crippen LogP contribution in [0.15, 0.2) is 35.7 Å². The molecule has 0 saturated carbocycles. The van der Waals surface area contributed by atoms with Crippen molar-refractivity contribution in [1.29, 1.82) is 5.26 Å². The second-order valence-electron chi connectivity index (χ2n) is 3.35. The molecule has 2 N–H and O–H groups in total. The highest BCUT2D eigenvalue weighted by Gasteiger charge is 2.16. The first-order chi connectivity index (χ1) is 9.12. The minimum absolute atomic E-state index is 0.153. The summed E-state index contributed by atoms with van der Waals surface area (Å²) in [6.45, 7) is 1.78. The van der Waals surface area contributed by atoms with Crippen LogP contribution in [-0.2, 0) is 9.53 Å². The molecule has 0 unspecified atom stereocenters. The Kier molecular flexibility index (Phi) is 5.23. The maximum Gasteiger partial charge on any atom is 0.354 e. The number of benzene rings is 1. The van der Waals surface area contributed by atoms with Crippen LogP contribution >= 0.6 is 0 Å². The number of carbonyl (C=O) groups is 1. The molecule has 6 heteroatoms.